The lowest BCUT2D eigenvalue weighted by Crippen LogP contribution is -2.48. The van der Waals surface area contributed by atoms with E-state index >= 15 is 0 Å². The van der Waals surface area contributed by atoms with E-state index in [-0.39, 0.29) is 0 Å². The summed E-state index contributed by atoms with van der Waals surface area (Å²) in [5.74, 6) is 0. The van der Waals surface area contributed by atoms with Gasteiger partial charge < -0.3 is 10.1 Å². The van der Waals surface area contributed by atoms with Crippen LogP contribution in [0.15, 0.2) is 30.3 Å². The van der Waals surface area contributed by atoms with Crippen molar-refractivity contribution in [2.75, 3.05) is 13.2 Å². The number of hydrogen-bond acceptors (Lipinski definition) is 2. The minimum atomic E-state index is 0.331. The summed E-state index contributed by atoms with van der Waals surface area (Å²) >= 11 is 0. The summed E-state index contributed by atoms with van der Waals surface area (Å²) in [6.45, 7) is 8.59. The summed E-state index contributed by atoms with van der Waals surface area (Å²) in [6.07, 6.45) is 1.15. The van der Waals surface area contributed by atoms with Gasteiger partial charge in [0.05, 0.1) is 19.3 Å². The second kappa shape index (κ2) is 5.19. The summed E-state index contributed by atoms with van der Waals surface area (Å²) in [6, 6.07) is 11.7. The molecule has 2 nitrogen and oxygen atoms in total. The predicted octanol–water partition coefficient (Wildman–Crippen LogP) is 3.15. The fourth-order valence-corrected chi connectivity index (χ4v) is 2.19. The summed E-state index contributed by atoms with van der Waals surface area (Å²) in [4.78, 5) is 0. The van der Waals surface area contributed by atoms with Gasteiger partial charge in [-0.1, -0.05) is 51.1 Å². The highest BCUT2D eigenvalue weighted by Crippen LogP contribution is 2.30. The first kappa shape index (κ1) is 12.6. The Morgan fingerprint density at radius 1 is 1.24 bits per heavy atom. The molecule has 0 saturated carbocycles. The molecule has 1 aromatic rings. The third-order valence-corrected chi connectivity index (χ3v) is 3.09. The van der Waals surface area contributed by atoms with Gasteiger partial charge in [-0.25, -0.2) is 0 Å². The quantitative estimate of drug-likeness (QED) is 0.862. The van der Waals surface area contributed by atoms with Gasteiger partial charge in [-0.3, -0.25) is 0 Å². The van der Waals surface area contributed by atoms with Gasteiger partial charge >= 0.3 is 0 Å². The van der Waals surface area contributed by atoms with Crippen LogP contribution in [0.5, 0.6) is 0 Å². The van der Waals surface area contributed by atoms with Crippen molar-refractivity contribution in [3.8, 4) is 0 Å². The number of rotatable bonds is 4. The van der Waals surface area contributed by atoms with Gasteiger partial charge in [0.15, 0.2) is 0 Å². The molecule has 94 valence electrons. The summed E-state index contributed by atoms with van der Waals surface area (Å²) in [5.41, 5.74) is 1.72. The molecule has 0 aromatic heterocycles. The topological polar surface area (TPSA) is 21.3 Å². The van der Waals surface area contributed by atoms with Crippen molar-refractivity contribution in [3.05, 3.63) is 35.9 Å². The van der Waals surface area contributed by atoms with E-state index in [1.54, 1.807) is 0 Å². The maximum Gasteiger partial charge on any atom is 0.0643 e. The molecular weight excluding hydrogens is 210 g/mol. The van der Waals surface area contributed by atoms with Crippen LogP contribution in [0.4, 0.5) is 0 Å². The van der Waals surface area contributed by atoms with Crippen molar-refractivity contribution in [1.82, 2.24) is 5.32 Å². The Kier molecular flexibility index (Phi) is 3.85. The third-order valence-electron chi connectivity index (χ3n) is 3.09. The predicted molar refractivity (Wildman–Crippen MR) is 71.0 cm³/mol. The van der Waals surface area contributed by atoms with Crippen LogP contribution in [0.1, 0.15) is 38.8 Å². The molecule has 0 aliphatic carbocycles. The smallest absolute Gasteiger partial charge is 0.0643 e. The van der Waals surface area contributed by atoms with Crippen LogP contribution in [0, 0.1) is 5.41 Å². The molecule has 1 fully saturated rings. The molecule has 17 heavy (non-hydrogen) atoms. The second-order valence-electron chi connectivity index (χ2n) is 6.13. The highest BCUT2D eigenvalue weighted by molar-refractivity contribution is 5.19. The van der Waals surface area contributed by atoms with Crippen molar-refractivity contribution in [3.63, 3.8) is 0 Å². The number of ether oxygens (including phenoxy) is 1. The van der Waals surface area contributed by atoms with Crippen LogP contribution in [0.3, 0.4) is 0 Å². The second-order valence-corrected chi connectivity index (χ2v) is 6.13. The van der Waals surface area contributed by atoms with Crippen molar-refractivity contribution >= 4 is 0 Å². The Labute approximate surface area is 104 Å². The van der Waals surface area contributed by atoms with E-state index in [2.05, 4.69) is 56.4 Å². The fourth-order valence-electron chi connectivity index (χ4n) is 2.19. The van der Waals surface area contributed by atoms with Crippen molar-refractivity contribution in [1.29, 1.82) is 0 Å². The molecule has 1 aromatic carbocycles. The number of nitrogens with one attached hydrogen (secondary N) is 1. The molecular formula is C15H23NO. The maximum atomic E-state index is 5.24. The van der Waals surface area contributed by atoms with Gasteiger partial charge in [0.2, 0.25) is 0 Å². The Hall–Kier alpha value is -0.860. The van der Waals surface area contributed by atoms with Crippen LogP contribution < -0.4 is 5.32 Å². The van der Waals surface area contributed by atoms with E-state index in [1.807, 2.05) is 0 Å². The molecule has 2 heteroatoms. The summed E-state index contributed by atoms with van der Waals surface area (Å²) in [5, 5.41) is 3.70. The van der Waals surface area contributed by atoms with Crippen LogP contribution in [0.2, 0.25) is 0 Å². The Morgan fingerprint density at radius 2 is 1.88 bits per heavy atom. The molecule has 0 spiro atoms. The molecule has 0 bridgehead atoms. The molecule has 1 aliphatic heterocycles. The molecule has 1 heterocycles. The average Bonchev–Trinajstić information content (AvgIpc) is 2.21. The maximum absolute atomic E-state index is 5.24. The van der Waals surface area contributed by atoms with Crippen molar-refractivity contribution in [2.24, 2.45) is 5.41 Å². The van der Waals surface area contributed by atoms with Crippen LogP contribution >= 0.6 is 0 Å². The van der Waals surface area contributed by atoms with E-state index in [0.29, 0.717) is 17.5 Å². The Bertz CT molecular complexity index is 338. The number of benzene rings is 1. The molecule has 2 rings (SSSR count). The van der Waals surface area contributed by atoms with Crippen LogP contribution in [0.25, 0.3) is 0 Å². The lowest BCUT2D eigenvalue weighted by molar-refractivity contribution is -0.0122. The fraction of sp³-hybridized carbons (Fsp3) is 0.600. The zero-order valence-corrected chi connectivity index (χ0v) is 11.1. The van der Waals surface area contributed by atoms with Gasteiger partial charge in [0.25, 0.3) is 0 Å². The van der Waals surface area contributed by atoms with Crippen molar-refractivity contribution in [2.45, 2.75) is 39.3 Å². The standard InChI is InChI=1S/C15H23NO/c1-15(2,3)9-14(16-13-10-17-11-13)12-7-5-4-6-8-12/h4-8,13-14,16H,9-11H2,1-3H3. The minimum absolute atomic E-state index is 0.331. The normalized spacial score (nSPS) is 18.8. The zero-order chi connectivity index (χ0) is 12.3. The summed E-state index contributed by atoms with van der Waals surface area (Å²) in [7, 11) is 0. The van der Waals surface area contributed by atoms with Gasteiger partial charge in [0.1, 0.15) is 0 Å². The first-order valence-corrected chi connectivity index (χ1v) is 6.43. The van der Waals surface area contributed by atoms with Crippen LogP contribution in [-0.2, 0) is 4.74 Å². The SMILES string of the molecule is CC(C)(C)CC(NC1COC1)c1ccccc1. The first-order chi connectivity index (χ1) is 8.04. The minimum Gasteiger partial charge on any atom is -0.378 e. The highest BCUT2D eigenvalue weighted by atomic mass is 16.5. The van der Waals surface area contributed by atoms with Gasteiger partial charge in [-0.2, -0.15) is 0 Å². The first-order valence-electron chi connectivity index (χ1n) is 6.43. The van der Waals surface area contributed by atoms with Gasteiger partial charge in [0, 0.05) is 6.04 Å². The average molecular weight is 233 g/mol. The third kappa shape index (κ3) is 3.83. The molecule has 1 atom stereocenters. The molecule has 0 radical (unpaired) electrons. The van der Waals surface area contributed by atoms with E-state index in [1.165, 1.54) is 5.56 Å². The molecule has 1 N–H and O–H groups in total. The molecule has 1 saturated heterocycles. The van der Waals surface area contributed by atoms with E-state index < -0.39 is 0 Å². The monoisotopic (exact) mass is 233 g/mol. The van der Waals surface area contributed by atoms with Crippen LogP contribution in [-0.4, -0.2) is 19.3 Å². The van der Waals surface area contributed by atoms with E-state index in [9.17, 15) is 0 Å². The van der Waals surface area contributed by atoms with Gasteiger partial charge in [-0.15, -0.1) is 0 Å². The van der Waals surface area contributed by atoms with Crippen molar-refractivity contribution < 1.29 is 4.74 Å². The Balaban J connectivity index is 2.06. The largest absolute Gasteiger partial charge is 0.378 e. The summed E-state index contributed by atoms with van der Waals surface area (Å²) < 4.78 is 5.24. The van der Waals surface area contributed by atoms with Gasteiger partial charge in [-0.05, 0) is 17.4 Å². The lowest BCUT2D eigenvalue weighted by Gasteiger charge is -2.34. The molecule has 1 unspecified atom stereocenters. The van der Waals surface area contributed by atoms with E-state index in [0.717, 1.165) is 19.6 Å². The molecule has 0 amide bonds. The zero-order valence-electron chi connectivity index (χ0n) is 11.1. The number of hydrogen-bond donors (Lipinski definition) is 1. The Morgan fingerprint density at radius 3 is 2.35 bits per heavy atom. The lowest BCUT2D eigenvalue weighted by atomic mass is 9.85. The highest BCUT2D eigenvalue weighted by Gasteiger charge is 2.26. The molecule has 1 aliphatic rings. The van der Waals surface area contributed by atoms with E-state index in [4.69, 9.17) is 4.74 Å².